The minimum Gasteiger partial charge on any atom is -0.313 e. The molecule has 1 aliphatic heterocycles. The third-order valence-corrected chi connectivity index (χ3v) is 2.79. The van der Waals surface area contributed by atoms with Crippen molar-refractivity contribution in [2.24, 2.45) is 4.99 Å². The highest BCUT2D eigenvalue weighted by molar-refractivity contribution is 6.16. The second-order valence-electron chi connectivity index (χ2n) is 4.18. The van der Waals surface area contributed by atoms with Crippen LogP contribution >= 0.6 is 0 Å². The molecule has 2 rings (SSSR count). The number of alkyl halides is 3. The van der Waals surface area contributed by atoms with Crippen molar-refractivity contribution >= 4 is 17.6 Å². The molecule has 0 saturated carbocycles. The Balaban J connectivity index is 2.50. The number of benzene rings is 1. The number of carbonyl (C=O) groups is 2. The van der Waals surface area contributed by atoms with E-state index in [9.17, 15) is 22.8 Å². The number of amidine groups is 1. The molecule has 0 unspecified atom stereocenters. The lowest BCUT2D eigenvalue weighted by Crippen LogP contribution is -2.62. The topological polar surface area (TPSA) is 70.6 Å². The van der Waals surface area contributed by atoms with E-state index in [1.54, 1.807) is 23.5 Å². The first-order valence-corrected chi connectivity index (χ1v) is 5.78. The Morgan fingerprint density at radius 3 is 2.48 bits per heavy atom. The van der Waals surface area contributed by atoms with Crippen molar-refractivity contribution in [2.45, 2.75) is 11.8 Å². The SMILES string of the molecule is C=CC(=O)N[C@@]1(C(F)(F)F)N=C(c2ccccc2)NC1=O. The molecule has 2 N–H and O–H groups in total. The van der Waals surface area contributed by atoms with E-state index in [1.807, 2.05) is 5.32 Å². The Hall–Kier alpha value is -2.64. The van der Waals surface area contributed by atoms with Gasteiger partial charge in [0, 0.05) is 5.56 Å². The van der Waals surface area contributed by atoms with Crippen molar-refractivity contribution in [3.05, 3.63) is 48.6 Å². The van der Waals surface area contributed by atoms with Crippen LogP contribution in [0.25, 0.3) is 0 Å². The summed E-state index contributed by atoms with van der Waals surface area (Å²) in [5.74, 6) is -2.88. The Bertz CT molecular complexity index is 625. The van der Waals surface area contributed by atoms with Gasteiger partial charge >= 0.3 is 11.8 Å². The Morgan fingerprint density at radius 2 is 1.95 bits per heavy atom. The van der Waals surface area contributed by atoms with Crippen LogP contribution in [-0.2, 0) is 9.59 Å². The van der Waals surface area contributed by atoms with Crippen LogP contribution in [0.2, 0.25) is 0 Å². The van der Waals surface area contributed by atoms with Gasteiger partial charge in [-0.2, -0.15) is 13.2 Å². The molecular formula is C13H10F3N3O2. The first-order valence-electron chi connectivity index (χ1n) is 5.78. The zero-order chi connectivity index (χ0) is 15.7. The zero-order valence-corrected chi connectivity index (χ0v) is 10.6. The molecule has 1 aromatic rings. The van der Waals surface area contributed by atoms with Crippen molar-refractivity contribution in [2.75, 3.05) is 0 Å². The lowest BCUT2D eigenvalue weighted by molar-refractivity contribution is -0.196. The van der Waals surface area contributed by atoms with Crippen molar-refractivity contribution < 1.29 is 22.8 Å². The van der Waals surface area contributed by atoms with Gasteiger partial charge in [-0.15, -0.1) is 0 Å². The molecule has 0 bridgehead atoms. The van der Waals surface area contributed by atoms with E-state index in [0.717, 1.165) is 0 Å². The Morgan fingerprint density at radius 1 is 1.33 bits per heavy atom. The monoisotopic (exact) mass is 297 g/mol. The number of halogens is 3. The standard InChI is InChI=1S/C13H10F3N3O2/c1-2-9(20)18-12(13(14,15)16)11(21)17-10(19-12)8-6-4-3-5-7-8/h2-7H,1H2,(H,18,20)(H,17,19,21)/t12-/m1/s1. The van der Waals surface area contributed by atoms with Gasteiger partial charge in [-0.05, 0) is 6.08 Å². The van der Waals surface area contributed by atoms with Crippen molar-refractivity contribution in [1.82, 2.24) is 10.6 Å². The largest absolute Gasteiger partial charge is 0.442 e. The van der Waals surface area contributed by atoms with Crippen LogP contribution in [0.15, 0.2) is 48.0 Å². The molecule has 0 fully saturated rings. The summed E-state index contributed by atoms with van der Waals surface area (Å²) in [7, 11) is 0. The molecule has 0 radical (unpaired) electrons. The molecule has 110 valence electrons. The highest BCUT2D eigenvalue weighted by Crippen LogP contribution is 2.35. The van der Waals surface area contributed by atoms with E-state index in [-0.39, 0.29) is 5.84 Å². The van der Waals surface area contributed by atoms with E-state index in [4.69, 9.17) is 0 Å². The molecule has 1 atom stereocenters. The number of hydrogen-bond acceptors (Lipinski definition) is 3. The molecule has 0 saturated heterocycles. The molecule has 1 aromatic carbocycles. The normalized spacial score (nSPS) is 21.5. The predicted molar refractivity (Wildman–Crippen MR) is 68.2 cm³/mol. The van der Waals surface area contributed by atoms with Gasteiger partial charge in [0.05, 0.1) is 0 Å². The minimum absolute atomic E-state index is 0.262. The summed E-state index contributed by atoms with van der Waals surface area (Å²) >= 11 is 0. The molecule has 0 aliphatic carbocycles. The summed E-state index contributed by atoms with van der Waals surface area (Å²) < 4.78 is 39.7. The highest BCUT2D eigenvalue weighted by Gasteiger charge is 2.64. The molecule has 2 amide bonds. The number of nitrogens with one attached hydrogen (secondary N) is 2. The summed E-state index contributed by atoms with van der Waals surface area (Å²) in [4.78, 5) is 26.4. The van der Waals surface area contributed by atoms with E-state index < -0.39 is 23.7 Å². The third-order valence-electron chi connectivity index (χ3n) is 2.79. The molecule has 0 spiro atoms. The van der Waals surface area contributed by atoms with E-state index in [1.165, 1.54) is 12.1 Å². The number of hydrogen-bond donors (Lipinski definition) is 2. The molecule has 21 heavy (non-hydrogen) atoms. The van der Waals surface area contributed by atoms with E-state index in [2.05, 4.69) is 11.6 Å². The van der Waals surface area contributed by atoms with Crippen molar-refractivity contribution in [3.63, 3.8) is 0 Å². The quantitative estimate of drug-likeness (QED) is 0.821. The highest BCUT2D eigenvalue weighted by atomic mass is 19.4. The van der Waals surface area contributed by atoms with E-state index >= 15 is 0 Å². The maximum Gasteiger partial charge on any atom is 0.442 e. The fourth-order valence-electron chi connectivity index (χ4n) is 1.75. The number of nitrogens with zero attached hydrogens (tertiary/aromatic N) is 1. The van der Waals surface area contributed by atoms with Crippen LogP contribution in [0, 0.1) is 0 Å². The maximum atomic E-state index is 13.2. The van der Waals surface area contributed by atoms with Crippen LogP contribution < -0.4 is 10.6 Å². The first-order chi connectivity index (χ1) is 9.80. The zero-order valence-electron chi connectivity index (χ0n) is 10.6. The molecular weight excluding hydrogens is 287 g/mol. The van der Waals surface area contributed by atoms with Gasteiger partial charge in [0.2, 0.25) is 5.91 Å². The van der Waals surface area contributed by atoms with Crippen LogP contribution in [0.4, 0.5) is 13.2 Å². The lowest BCUT2D eigenvalue weighted by Gasteiger charge is -2.26. The van der Waals surface area contributed by atoms with Crippen LogP contribution in [-0.4, -0.2) is 29.5 Å². The average Bonchev–Trinajstić information content (AvgIpc) is 2.78. The van der Waals surface area contributed by atoms with E-state index in [0.29, 0.717) is 11.6 Å². The summed E-state index contributed by atoms with van der Waals surface area (Å²) in [6.07, 6.45) is -4.46. The second kappa shape index (κ2) is 5.04. The fraction of sp³-hybridized carbons (Fsp3) is 0.154. The van der Waals surface area contributed by atoms with Gasteiger partial charge in [-0.1, -0.05) is 36.9 Å². The lowest BCUT2D eigenvalue weighted by atomic mass is 10.1. The average molecular weight is 297 g/mol. The van der Waals surface area contributed by atoms with Gasteiger partial charge in [0.25, 0.3) is 5.91 Å². The second-order valence-corrected chi connectivity index (χ2v) is 4.18. The van der Waals surface area contributed by atoms with Gasteiger partial charge < -0.3 is 10.6 Å². The molecule has 0 aromatic heterocycles. The number of amides is 2. The fourth-order valence-corrected chi connectivity index (χ4v) is 1.75. The van der Waals surface area contributed by atoms with Crippen LogP contribution in [0.1, 0.15) is 5.56 Å². The molecule has 1 aliphatic rings. The summed E-state index contributed by atoms with van der Waals surface area (Å²) in [6, 6.07) is 7.80. The number of carbonyl (C=O) groups excluding carboxylic acids is 2. The van der Waals surface area contributed by atoms with Gasteiger partial charge in [-0.25, -0.2) is 4.99 Å². The van der Waals surface area contributed by atoms with Crippen LogP contribution in [0.3, 0.4) is 0 Å². The third kappa shape index (κ3) is 2.51. The van der Waals surface area contributed by atoms with Gasteiger partial charge in [0.15, 0.2) is 0 Å². The number of aliphatic imine (C=N–C) groups is 1. The molecule has 5 nitrogen and oxygen atoms in total. The van der Waals surface area contributed by atoms with Crippen molar-refractivity contribution in [1.29, 1.82) is 0 Å². The predicted octanol–water partition coefficient (Wildman–Crippen LogP) is 1.12. The summed E-state index contributed by atoms with van der Waals surface area (Å²) in [5, 5.41) is 3.59. The van der Waals surface area contributed by atoms with Gasteiger partial charge in [-0.3, -0.25) is 9.59 Å². The maximum absolute atomic E-state index is 13.2. The summed E-state index contributed by atoms with van der Waals surface area (Å²) in [5.41, 5.74) is -3.05. The van der Waals surface area contributed by atoms with Crippen LogP contribution in [0.5, 0.6) is 0 Å². The molecule has 8 heteroatoms. The summed E-state index contributed by atoms with van der Waals surface area (Å²) in [6.45, 7) is 3.06. The van der Waals surface area contributed by atoms with Crippen molar-refractivity contribution in [3.8, 4) is 0 Å². The Kier molecular flexibility index (Phi) is 3.54. The smallest absolute Gasteiger partial charge is 0.313 e. The first kappa shape index (κ1) is 14.8. The minimum atomic E-state index is -5.09. The van der Waals surface area contributed by atoms with Gasteiger partial charge in [0.1, 0.15) is 5.84 Å². The molecule has 1 heterocycles. The number of rotatable bonds is 3. The Labute approximate surface area is 117 Å².